The van der Waals surface area contributed by atoms with Crippen molar-refractivity contribution in [2.24, 2.45) is 0 Å². The van der Waals surface area contributed by atoms with Gasteiger partial charge in [0.25, 0.3) is 0 Å². The second-order valence-corrected chi connectivity index (χ2v) is 7.37. The molecule has 0 bridgehead atoms. The summed E-state index contributed by atoms with van der Waals surface area (Å²) in [6.07, 6.45) is 1.28. The van der Waals surface area contributed by atoms with Gasteiger partial charge in [-0.3, -0.25) is 10.00 Å². The first-order valence-electron chi connectivity index (χ1n) is 6.13. The molecule has 0 aliphatic carbocycles. The van der Waals surface area contributed by atoms with Gasteiger partial charge in [-0.15, -0.1) is 0 Å². The van der Waals surface area contributed by atoms with Crippen molar-refractivity contribution in [1.29, 1.82) is 0 Å². The van der Waals surface area contributed by atoms with Gasteiger partial charge in [0.05, 0.1) is 11.4 Å². The van der Waals surface area contributed by atoms with Crippen molar-refractivity contribution in [2.75, 3.05) is 18.6 Å². The van der Waals surface area contributed by atoms with Crippen LogP contribution in [0, 0.1) is 13.8 Å². The zero-order valence-electron chi connectivity index (χ0n) is 11.8. The van der Waals surface area contributed by atoms with Crippen molar-refractivity contribution in [3.8, 4) is 0 Å². The van der Waals surface area contributed by atoms with Crippen LogP contribution in [0.5, 0.6) is 0 Å². The van der Waals surface area contributed by atoms with Gasteiger partial charge in [0.1, 0.15) is 9.84 Å². The molecule has 0 radical (unpaired) electrons. The molecule has 18 heavy (non-hydrogen) atoms. The molecule has 0 unspecified atom stereocenters. The summed E-state index contributed by atoms with van der Waals surface area (Å²) in [5.41, 5.74) is 3.20. The number of nitrogens with zero attached hydrogens (tertiary/aromatic N) is 2. The lowest BCUT2D eigenvalue weighted by molar-refractivity contribution is 0.225. The third kappa shape index (κ3) is 4.42. The van der Waals surface area contributed by atoms with Crippen LogP contribution in [0.1, 0.15) is 30.8 Å². The monoisotopic (exact) mass is 273 g/mol. The summed E-state index contributed by atoms with van der Waals surface area (Å²) in [6.45, 7) is 9.40. The molecule has 1 rings (SSSR count). The molecule has 1 N–H and O–H groups in total. The van der Waals surface area contributed by atoms with E-state index in [1.54, 1.807) is 0 Å². The van der Waals surface area contributed by atoms with Crippen LogP contribution in [0.2, 0.25) is 0 Å². The lowest BCUT2D eigenvalue weighted by Gasteiger charge is -2.26. The zero-order chi connectivity index (χ0) is 13.9. The minimum absolute atomic E-state index is 0.196. The second kappa shape index (κ2) is 5.84. The molecule has 1 heterocycles. The van der Waals surface area contributed by atoms with Crippen LogP contribution >= 0.6 is 0 Å². The van der Waals surface area contributed by atoms with Gasteiger partial charge in [-0.05, 0) is 27.7 Å². The lowest BCUT2D eigenvalue weighted by atomic mass is 10.1. The normalized spacial score (nSPS) is 12.6. The molecular formula is C12H23N3O2S. The molecule has 104 valence electrons. The highest BCUT2D eigenvalue weighted by Gasteiger charge is 2.16. The predicted molar refractivity (Wildman–Crippen MR) is 73.3 cm³/mol. The molecule has 0 aromatic carbocycles. The molecule has 0 saturated carbocycles. The summed E-state index contributed by atoms with van der Waals surface area (Å²) < 4.78 is 22.5. The molecule has 0 fully saturated rings. The van der Waals surface area contributed by atoms with Crippen LogP contribution in [0.25, 0.3) is 0 Å². The van der Waals surface area contributed by atoms with E-state index >= 15 is 0 Å². The number of nitrogens with one attached hydrogen (secondary N) is 1. The highest BCUT2D eigenvalue weighted by atomic mass is 32.2. The van der Waals surface area contributed by atoms with E-state index in [0.717, 1.165) is 23.5 Å². The van der Waals surface area contributed by atoms with Gasteiger partial charge in [0, 0.05) is 36.6 Å². The van der Waals surface area contributed by atoms with E-state index in [1.807, 2.05) is 13.8 Å². The smallest absolute Gasteiger partial charge is 0.148 e. The van der Waals surface area contributed by atoms with E-state index in [9.17, 15) is 8.42 Å². The topological polar surface area (TPSA) is 66.1 Å². The molecular weight excluding hydrogens is 250 g/mol. The van der Waals surface area contributed by atoms with Gasteiger partial charge in [-0.2, -0.15) is 5.10 Å². The molecule has 1 aromatic heterocycles. The van der Waals surface area contributed by atoms with Crippen molar-refractivity contribution in [3.63, 3.8) is 0 Å². The molecule has 0 spiro atoms. The maximum atomic E-state index is 11.2. The van der Waals surface area contributed by atoms with Gasteiger partial charge in [-0.25, -0.2) is 8.42 Å². The van der Waals surface area contributed by atoms with Crippen molar-refractivity contribution in [3.05, 3.63) is 17.0 Å². The van der Waals surface area contributed by atoms with Crippen LogP contribution in [-0.4, -0.2) is 48.1 Å². The Bertz CT molecular complexity index is 472. The number of aromatic amines is 1. The number of hydrogen-bond donors (Lipinski definition) is 1. The fourth-order valence-corrected chi connectivity index (χ4v) is 2.38. The van der Waals surface area contributed by atoms with E-state index < -0.39 is 9.84 Å². The Morgan fingerprint density at radius 3 is 2.33 bits per heavy atom. The van der Waals surface area contributed by atoms with Crippen molar-refractivity contribution in [1.82, 2.24) is 15.1 Å². The first kappa shape index (κ1) is 15.2. The first-order valence-corrected chi connectivity index (χ1v) is 8.19. The lowest BCUT2D eigenvalue weighted by Crippen LogP contribution is -2.34. The summed E-state index contributed by atoms with van der Waals surface area (Å²) in [4.78, 5) is 2.16. The number of aromatic nitrogens is 2. The van der Waals surface area contributed by atoms with E-state index in [4.69, 9.17) is 0 Å². The third-order valence-corrected chi connectivity index (χ3v) is 4.05. The molecule has 1 aromatic rings. The Kier molecular flexibility index (Phi) is 4.92. The van der Waals surface area contributed by atoms with E-state index in [-0.39, 0.29) is 5.75 Å². The van der Waals surface area contributed by atoms with Crippen LogP contribution in [0.4, 0.5) is 0 Å². The van der Waals surface area contributed by atoms with Gasteiger partial charge >= 0.3 is 0 Å². The van der Waals surface area contributed by atoms with Gasteiger partial charge in [0.2, 0.25) is 0 Å². The van der Waals surface area contributed by atoms with E-state index in [1.165, 1.54) is 6.26 Å². The largest absolute Gasteiger partial charge is 0.296 e. The minimum atomic E-state index is -2.92. The molecule has 6 heteroatoms. The summed E-state index contributed by atoms with van der Waals surface area (Å²) in [5.74, 6) is 0.196. The highest BCUT2D eigenvalue weighted by molar-refractivity contribution is 7.90. The number of aryl methyl sites for hydroxylation is 2. The molecule has 0 amide bonds. The number of sulfone groups is 1. The van der Waals surface area contributed by atoms with Crippen LogP contribution in [0.3, 0.4) is 0 Å². The summed E-state index contributed by atoms with van der Waals surface area (Å²) in [5, 5.41) is 7.13. The molecule has 5 nitrogen and oxygen atoms in total. The van der Waals surface area contributed by atoms with Gasteiger partial charge in [-0.1, -0.05) is 0 Å². The van der Waals surface area contributed by atoms with E-state index in [0.29, 0.717) is 12.6 Å². The quantitative estimate of drug-likeness (QED) is 0.848. The van der Waals surface area contributed by atoms with Crippen LogP contribution in [0.15, 0.2) is 0 Å². The van der Waals surface area contributed by atoms with Gasteiger partial charge < -0.3 is 0 Å². The number of rotatable bonds is 6. The van der Waals surface area contributed by atoms with Crippen molar-refractivity contribution < 1.29 is 8.42 Å². The van der Waals surface area contributed by atoms with E-state index in [2.05, 4.69) is 28.9 Å². The Morgan fingerprint density at radius 2 is 1.94 bits per heavy atom. The summed E-state index contributed by atoms with van der Waals surface area (Å²) in [7, 11) is -2.92. The van der Waals surface area contributed by atoms with Crippen molar-refractivity contribution >= 4 is 9.84 Å². The Morgan fingerprint density at radius 1 is 1.33 bits per heavy atom. The predicted octanol–water partition coefficient (Wildman–Crippen LogP) is 1.28. The second-order valence-electron chi connectivity index (χ2n) is 5.11. The number of hydrogen-bond acceptors (Lipinski definition) is 4. The standard InChI is InChI=1S/C12H23N3O2S/c1-9(2)15(6-7-18(5,16)17)8-12-10(3)13-14-11(12)4/h9H,6-8H2,1-5H3,(H,13,14). The fraction of sp³-hybridized carbons (Fsp3) is 0.750. The Labute approximate surface area is 109 Å². The van der Waals surface area contributed by atoms with Crippen molar-refractivity contribution in [2.45, 2.75) is 40.3 Å². The van der Waals surface area contributed by atoms with Crippen LogP contribution in [-0.2, 0) is 16.4 Å². The zero-order valence-corrected chi connectivity index (χ0v) is 12.6. The molecule has 0 aliphatic heterocycles. The average Bonchev–Trinajstić information content (AvgIpc) is 2.52. The maximum Gasteiger partial charge on any atom is 0.148 e. The highest BCUT2D eigenvalue weighted by Crippen LogP contribution is 2.14. The Balaban J connectivity index is 2.75. The minimum Gasteiger partial charge on any atom is -0.296 e. The SMILES string of the molecule is Cc1n[nH]c(C)c1CN(CCS(C)(=O)=O)C(C)C. The van der Waals surface area contributed by atoms with Gasteiger partial charge in [0.15, 0.2) is 0 Å². The number of H-pyrrole nitrogens is 1. The first-order chi connectivity index (χ1) is 8.20. The summed E-state index contributed by atoms with van der Waals surface area (Å²) in [6, 6.07) is 0.306. The van der Waals surface area contributed by atoms with Crippen LogP contribution < -0.4 is 0 Å². The fourth-order valence-electron chi connectivity index (χ4n) is 1.81. The molecule has 0 saturated heterocycles. The molecule has 0 atom stereocenters. The molecule has 0 aliphatic rings. The third-order valence-electron chi connectivity index (χ3n) is 3.12. The average molecular weight is 273 g/mol. The summed E-state index contributed by atoms with van der Waals surface area (Å²) >= 11 is 0. The Hall–Kier alpha value is -0.880. The maximum absolute atomic E-state index is 11.2.